The molecule has 9 heteroatoms. The van der Waals surface area contributed by atoms with Gasteiger partial charge in [0.05, 0.1) is 41.2 Å². The maximum Gasteiger partial charge on any atom is 0.417 e. The van der Waals surface area contributed by atoms with Crippen LogP contribution >= 0.6 is 11.6 Å². The third kappa shape index (κ3) is 4.50. The fourth-order valence-corrected chi connectivity index (χ4v) is 3.22. The van der Waals surface area contributed by atoms with Gasteiger partial charge in [-0.2, -0.15) is 13.2 Å². The minimum atomic E-state index is -4.53. The number of methoxy groups -OCH3 is 1. The molecule has 0 aliphatic carbocycles. The predicted molar refractivity (Wildman–Crippen MR) is 104 cm³/mol. The van der Waals surface area contributed by atoms with E-state index in [1.807, 2.05) is 12.1 Å². The molecule has 5 nitrogen and oxygen atoms in total. The summed E-state index contributed by atoms with van der Waals surface area (Å²) in [5.41, 5.74) is 13.6. The summed E-state index contributed by atoms with van der Waals surface area (Å²) < 4.78 is 44.1. The van der Waals surface area contributed by atoms with Crippen LogP contribution in [0, 0.1) is 0 Å². The number of halogens is 4. The molecule has 0 bridgehead atoms. The molecular weight excluding hydrogens is 405 g/mol. The molecule has 0 aliphatic rings. The average molecular weight is 423 g/mol. The Balaban J connectivity index is 1.92. The lowest BCUT2D eigenvalue weighted by molar-refractivity contribution is -0.137. The van der Waals surface area contributed by atoms with Crippen molar-refractivity contribution in [2.24, 2.45) is 11.5 Å². The Morgan fingerprint density at radius 2 is 1.72 bits per heavy atom. The van der Waals surface area contributed by atoms with Gasteiger partial charge in [0.2, 0.25) is 0 Å². The highest BCUT2D eigenvalue weighted by Gasteiger charge is 2.33. The smallest absolute Gasteiger partial charge is 0.417 e. The maximum absolute atomic E-state index is 12.9. The lowest BCUT2D eigenvalue weighted by Crippen LogP contribution is -2.27. The molecule has 3 aromatic rings. The Hall–Kier alpha value is -2.68. The van der Waals surface area contributed by atoms with Gasteiger partial charge in [0.15, 0.2) is 0 Å². The minimum absolute atomic E-state index is 0.383. The van der Waals surface area contributed by atoms with Crippen LogP contribution in [0.4, 0.5) is 13.2 Å². The molecule has 0 amide bonds. The van der Waals surface area contributed by atoms with Crippen molar-refractivity contribution in [3.8, 4) is 17.0 Å². The Morgan fingerprint density at radius 3 is 2.38 bits per heavy atom. The van der Waals surface area contributed by atoms with Crippen molar-refractivity contribution in [1.82, 2.24) is 9.97 Å². The zero-order valence-corrected chi connectivity index (χ0v) is 16.1. The highest BCUT2D eigenvalue weighted by atomic mass is 35.5. The standard InChI is InChI=1S/C20H18ClF3N4O/c1-29-17-5-3-2-4-12(17)18(25)19(26)16-9-15(27-10-28-16)11-6-7-13(14(21)8-11)20(22,23)24/h2-10,18-19H,25-26H2,1H3. The van der Waals surface area contributed by atoms with Crippen LogP contribution in [0.5, 0.6) is 5.75 Å². The number of rotatable bonds is 5. The van der Waals surface area contributed by atoms with E-state index in [1.165, 1.54) is 25.6 Å². The summed E-state index contributed by atoms with van der Waals surface area (Å²) in [7, 11) is 1.54. The molecule has 1 aromatic heterocycles. The largest absolute Gasteiger partial charge is 0.496 e. The molecule has 2 aromatic carbocycles. The summed E-state index contributed by atoms with van der Waals surface area (Å²) in [5, 5.41) is -0.412. The average Bonchev–Trinajstić information content (AvgIpc) is 2.71. The van der Waals surface area contributed by atoms with Crippen LogP contribution in [0.2, 0.25) is 5.02 Å². The molecule has 2 unspecified atom stereocenters. The van der Waals surface area contributed by atoms with Crippen molar-refractivity contribution in [3.05, 3.63) is 76.7 Å². The van der Waals surface area contributed by atoms with Gasteiger partial charge in [-0.3, -0.25) is 0 Å². The van der Waals surface area contributed by atoms with Gasteiger partial charge in [-0.25, -0.2) is 9.97 Å². The number of hydrogen-bond donors (Lipinski definition) is 2. The van der Waals surface area contributed by atoms with Crippen LogP contribution in [0.1, 0.15) is 28.9 Å². The number of ether oxygens (including phenoxy) is 1. The molecule has 0 saturated carbocycles. The molecule has 4 N–H and O–H groups in total. The summed E-state index contributed by atoms with van der Waals surface area (Å²) in [6, 6.07) is 10.9. The summed E-state index contributed by atoms with van der Waals surface area (Å²) in [6.07, 6.45) is -3.25. The summed E-state index contributed by atoms with van der Waals surface area (Å²) in [4.78, 5) is 8.29. The first-order valence-corrected chi connectivity index (χ1v) is 8.93. The first-order chi connectivity index (χ1) is 13.7. The van der Waals surface area contributed by atoms with E-state index in [0.29, 0.717) is 28.3 Å². The van der Waals surface area contributed by atoms with E-state index in [9.17, 15) is 13.2 Å². The fourth-order valence-electron chi connectivity index (χ4n) is 2.94. The molecule has 152 valence electrons. The molecule has 0 aliphatic heterocycles. The van der Waals surface area contributed by atoms with Crippen LogP contribution < -0.4 is 16.2 Å². The number of aromatic nitrogens is 2. The SMILES string of the molecule is COc1ccccc1C(N)C(N)c1cc(-c2ccc(C(F)(F)F)c(Cl)c2)ncn1. The molecule has 1 heterocycles. The number of para-hydroxylation sites is 1. The number of hydrogen-bond acceptors (Lipinski definition) is 5. The zero-order chi connectivity index (χ0) is 21.2. The van der Waals surface area contributed by atoms with E-state index in [2.05, 4.69) is 9.97 Å². The minimum Gasteiger partial charge on any atom is -0.496 e. The predicted octanol–water partition coefficient (Wildman–Crippen LogP) is 4.52. The summed E-state index contributed by atoms with van der Waals surface area (Å²) >= 11 is 5.81. The second-order valence-corrected chi connectivity index (χ2v) is 6.72. The Morgan fingerprint density at radius 1 is 1.00 bits per heavy atom. The molecule has 0 spiro atoms. The molecule has 29 heavy (non-hydrogen) atoms. The van der Waals surface area contributed by atoms with Crippen LogP contribution in [-0.2, 0) is 6.18 Å². The number of alkyl halides is 3. The van der Waals surface area contributed by atoms with Gasteiger partial charge in [-0.15, -0.1) is 0 Å². The van der Waals surface area contributed by atoms with Crippen LogP contribution in [0.15, 0.2) is 54.9 Å². The Labute approximate surface area is 170 Å². The van der Waals surface area contributed by atoms with Gasteiger partial charge in [0.25, 0.3) is 0 Å². The van der Waals surface area contributed by atoms with Gasteiger partial charge < -0.3 is 16.2 Å². The molecule has 0 saturated heterocycles. The van der Waals surface area contributed by atoms with E-state index >= 15 is 0 Å². The zero-order valence-electron chi connectivity index (χ0n) is 15.3. The monoisotopic (exact) mass is 422 g/mol. The van der Waals surface area contributed by atoms with E-state index in [1.54, 1.807) is 18.2 Å². The van der Waals surface area contributed by atoms with Crippen molar-refractivity contribution in [2.75, 3.05) is 7.11 Å². The highest BCUT2D eigenvalue weighted by Crippen LogP contribution is 2.37. The third-order valence-corrected chi connectivity index (χ3v) is 4.80. The van der Waals surface area contributed by atoms with Gasteiger partial charge in [0, 0.05) is 11.1 Å². The second-order valence-electron chi connectivity index (χ2n) is 6.31. The maximum atomic E-state index is 12.9. The fraction of sp³-hybridized carbons (Fsp3) is 0.200. The van der Waals surface area contributed by atoms with Crippen LogP contribution in [0.3, 0.4) is 0 Å². The molecular formula is C20H18ClF3N4O. The molecule has 0 fully saturated rings. The third-order valence-electron chi connectivity index (χ3n) is 4.48. The summed E-state index contributed by atoms with van der Waals surface area (Å²) in [5.74, 6) is 0.597. The Bertz CT molecular complexity index is 1010. The van der Waals surface area contributed by atoms with Gasteiger partial charge in [-0.1, -0.05) is 35.9 Å². The second kappa shape index (κ2) is 8.36. The Kier molecular flexibility index (Phi) is 6.07. The van der Waals surface area contributed by atoms with Crippen molar-refractivity contribution >= 4 is 11.6 Å². The number of benzene rings is 2. The number of nitrogens with zero attached hydrogens (tertiary/aromatic N) is 2. The van der Waals surface area contributed by atoms with Crippen LogP contribution in [-0.4, -0.2) is 17.1 Å². The van der Waals surface area contributed by atoms with E-state index in [0.717, 1.165) is 6.07 Å². The highest BCUT2D eigenvalue weighted by molar-refractivity contribution is 6.31. The molecule has 2 atom stereocenters. The number of nitrogens with two attached hydrogens (primary N) is 2. The van der Waals surface area contributed by atoms with E-state index in [-0.39, 0.29) is 0 Å². The van der Waals surface area contributed by atoms with Gasteiger partial charge in [-0.05, 0) is 24.3 Å². The van der Waals surface area contributed by atoms with Gasteiger partial charge in [0.1, 0.15) is 12.1 Å². The quantitative estimate of drug-likeness (QED) is 0.631. The first-order valence-electron chi connectivity index (χ1n) is 8.55. The van der Waals surface area contributed by atoms with Crippen molar-refractivity contribution in [1.29, 1.82) is 0 Å². The van der Waals surface area contributed by atoms with Crippen molar-refractivity contribution < 1.29 is 17.9 Å². The van der Waals surface area contributed by atoms with E-state index in [4.69, 9.17) is 27.8 Å². The van der Waals surface area contributed by atoms with Crippen LogP contribution in [0.25, 0.3) is 11.3 Å². The topological polar surface area (TPSA) is 87.0 Å². The first kappa shape index (κ1) is 21.0. The normalized spacial score (nSPS) is 13.8. The lowest BCUT2D eigenvalue weighted by atomic mass is 9.96. The van der Waals surface area contributed by atoms with Crippen molar-refractivity contribution in [3.63, 3.8) is 0 Å². The van der Waals surface area contributed by atoms with Gasteiger partial charge >= 0.3 is 6.18 Å². The lowest BCUT2D eigenvalue weighted by Gasteiger charge is -2.22. The summed E-state index contributed by atoms with van der Waals surface area (Å²) in [6.45, 7) is 0. The molecule has 3 rings (SSSR count). The van der Waals surface area contributed by atoms with E-state index < -0.39 is 28.8 Å². The molecule has 0 radical (unpaired) electrons. The van der Waals surface area contributed by atoms with Crippen molar-refractivity contribution in [2.45, 2.75) is 18.3 Å².